The second kappa shape index (κ2) is 8.39. The van der Waals surface area contributed by atoms with Gasteiger partial charge in [0.25, 0.3) is 5.97 Å². The van der Waals surface area contributed by atoms with Gasteiger partial charge in [0.15, 0.2) is 0 Å². The van der Waals surface area contributed by atoms with Crippen LogP contribution in [0.15, 0.2) is 0 Å². The second-order valence-corrected chi connectivity index (χ2v) is 5.53. The molecule has 0 fully saturated rings. The molecule has 0 amide bonds. The van der Waals surface area contributed by atoms with Gasteiger partial charge in [-0.25, -0.2) is 0 Å². The van der Waals surface area contributed by atoms with E-state index in [0.717, 1.165) is 0 Å². The number of carbonyl (C=O) groups is 1. The maximum Gasteiger partial charge on any atom is 0.496 e. The summed E-state index contributed by atoms with van der Waals surface area (Å²) in [5.74, 6) is -0.184. The van der Waals surface area contributed by atoms with Gasteiger partial charge in [0.2, 0.25) is 10.5 Å². The highest BCUT2D eigenvalue weighted by Gasteiger charge is 2.29. The first-order chi connectivity index (χ1) is 5.95. The molecular formula is C6H18O5Si2. The standard InChI is InChI=1S/C4H12O3Si.C2H6O2Si/c1-5-8(4,6-2)7-3;1-2(3)4-5/h1-4H3;1,5H3. The van der Waals surface area contributed by atoms with E-state index >= 15 is 0 Å². The van der Waals surface area contributed by atoms with Gasteiger partial charge < -0.3 is 17.7 Å². The highest BCUT2D eigenvalue weighted by atomic mass is 28.4. The predicted octanol–water partition coefficient (Wildman–Crippen LogP) is -0.676. The maximum atomic E-state index is 9.62. The Morgan fingerprint density at radius 3 is 1.38 bits per heavy atom. The van der Waals surface area contributed by atoms with Crippen LogP contribution in [0.3, 0.4) is 0 Å². The van der Waals surface area contributed by atoms with Gasteiger partial charge in [0, 0.05) is 34.8 Å². The van der Waals surface area contributed by atoms with Gasteiger partial charge in [-0.2, -0.15) is 0 Å². The summed E-state index contributed by atoms with van der Waals surface area (Å²) in [5.41, 5.74) is 0. The lowest BCUT2D eigenvalue weighted by Crippen LogP contribution is -2.38. The molecule has 0 spiro atoms. The number of hydrogen-bond acceptors (Lipinski definition) is 5. The maximum absolute atomic E-state index is 9.62. The largest absolute Gasteiger partial charge is 0.529 e. The predicted molar refractivity (Wildman–Crippen MR) is 54.4 cm³/mol. The lowest BCUT2D eigenvalue weighted by atomic mass is 10.9. The molecule has 0 aromatic rings. The van der Waals surface area contributed by atoms with E-state index in [1.165, 1.54) is 6.92 Å². The Kier molecular flexibility index (Phi) is 9.85. The monoisotopic (exact) mass is 226 g/mol. The quantitative estimate of drug-likeness (QED) is 0.597. The summed E-state index contributed by atoms with van der Waals surface area (Å²) in [5, 5.41) is 0. The van der Waals surface area contributed by atoms with E-state index in [-0.39, 0.29) is 5.97 Å². The average Bonchev–Trinajstić information content (AvgIpc) is 2.17. The summed E-state index contributed by atoms with van der Waals surface area (Å²) < 4.78 is 19.0. The molecule has 0 bridgehead atoms. The molecule has 0 atom stereocenters. The fourth-order valence-corrected chi connectivity index (χ4v) is 0.750. The zero-order chi connectivity index (χ0) is 10.9. The van der Waals surface area contributed by atoms with Crippen molar-refractivity contribution in [1.82, 2.24) is 0 Å². The third-order valence-electron chi connectivity index (χ3n) is 1.40. The molecule has 0 N–H and O–H groups in total. The fraction of sp³-hybridized carbons (Fsp3) is 0.833. The Morgan fingerprint density at radius 1 is 1.15 bits per heavy atom. The van der Waals surface area contributed by atoms with Crippen LogP contribution in [0, 0.1) is 0 Å². The van der Waals surface area contributed by atoms with E-state index in [1.54, 1.807) is 21.3 Å². The van der Waals surface area contributed by atoms with E-state index in [1.807, 2.05) is 6.55 Å². The molecule has 0 aliphatic heterocycles. The zero-order valence-corrected chi connectivity index (χ0v) is 12.0. The van der Waals surface area contributed by atoms with Crippen LogP contribution < -0.4 is 0 Å². The van der Waals surface area contributed by atoms with Gasteiger partial charge in [-0.1, -0.05) is 0 Å². The normalized spacial score (nSPS) is 10.2. The molecule has 13 heavy (non-hydrogen) atoms. The molecular weight excluding hydrogens is 208 g/mol. The van der Waals surface area contributed by atoms with Gasteiger partial charge in [-0.05, 0) is 0 Å². The molecule has 0 heterocycles. The first-order valence-corrected chi connectivity index (χ1v) is 6.69. The van der Waals surface area contributed by atoms with E-state index in [2.05, 4.69) is 4.43 Å². The van der Waals surface area contributed by atoms with Gasteiger partial charge in [0.05, 0.1) is 0 Å². The van der Waals surface area contributed by atoms with Crippen molar-refractivity contribution in [2.45, 2.75) is 13.5 Å². The Bertz CT molecular complexity index is 129. The lowest BCUT2D eigenvalue weighted by Gasteiger charge is -2.18. The van der Waals surface area contributed by atoms with Gasteiger partial charge >= 0.3 is 8.80 Å². The molecule has 0 aliphatic rings. The average molecular weight is 226 g/mol. The summed E-state index contributed by atoms with van der Waals surface area (Å²) in [6, 6.07) is 0. The Balaban J connectivity index is 0. The molecule has 0 aromatic carbocycles. The first-order valence-electron chi connectivity index (χ1n) is 3.65. The van der Waals surface area contributed by atoms with Crippen LogP contribution in [0.5, 0.6) is 0 Å². The first kappa shape index (κ1) is 15.3. The summed E-state index contributed by atoms with van der Waals surface area (Å²) in [6.07, 6.45) is 0. The third-order valence-corrected chi connectivity index (χ3v) is 4.20. The Labute approximate surface area is 83.2 Å². The molecule has 0 aliphatic carbocycles. The van der Waals surface area contributed by atoms with Crippen LogP contribution in [0.1, 0.15) is 6.92 Å². The van der Waals surface area contributed by atoms with Crippen molar-refractivity contribution >= 4 is 25.3 Å². The van der Waals surface area contributed by atoms with Crippen molar-refractivity contribution in [1.29, 1.82) is 0 Å². The van der Waals surface area contributed by atoms with Crippen LogP contribution in [-0.4, -0.2) is 46.6 Å². The van der Waals surface area contributed by atoms with E-state index in [0.29, 0.717) is 10.5 Å². The van der Waals surface area contributed by atoms with Crippen LogP contribution in [-0.2, 0) is 22.5 Å². The van der Waals surface area contributed by atoms with Crippen molar-refractivity contribution in [2.75, 3.05) is 21.3 Å². The molecule has 0 radical (unpaired) electrons. The highest BCUT2D eigenvalue weighted by Crippen LogP contribution is 2.02. The zero-order valence-electron chi connectivity index (χ0n) is 9.04. The van der Waals surface area contributed by atoms with Crippen molar-refractivity contribution in [2.24, 2.45) is 0 Å². The van der Waals surface area contributed by atoms with Crippen molar-refractivity contribution in [3.8, 4) is 0 Å². The van der Waals surface area contributed by atoms with Crippen LogP contribution in [0.2, 0.25) is 6.55 Å². The second-order valence-electron chi connectivity index (χ2n) is 2.17. The van der Waals surface area contributed by atoms with E-state index in [9.17, 15) is 4.79 Å². The molecule has 7 heteroatoms. The number of carbonyl (C=O) groups excluding carboxylic acids is 1. The van der Waals surface area contributed by atoms with E-state index < -0.39 is 8.80 Å². The Hall–Kier alpha value is -0.216. The molecule has 0 saturated heterocycles. The number of hydrogen-bond donors (Lipinski definition) is 0. The van der Waals surface area contributed by atoms with Gasteiger partial charge in [-0.15, -0.1) is 0 Å². The van der Waals surface area contributed by atoms with Crippen LogP contribution >= 0.6 is 0 Å². The van der Waals surface area contributed by atoms with E-state index in [4.69, 9.17) is 13.3 Å². The summed E-state index contributed by atoms with van der Waals surface area (Å²) in [6.45, 7) is 3.22. The summed E-state index contributed by atoms with van der Waals surface area (Å²) in [4.78, 5) is 9.62. The Morgan fingerprint density at radius 2 is 1.38 bits per heavy atom. The molecule has 0 unspecified atom stereocenters. The van der Waals surface area contributed by atoms with Crippen molar-refractivity contribution < 1.29 is 22.5 Å². The summed E-state index contributed by atoms with van der Waals surface area (Å²) >= 11 is 0. The van der Waals surface area contributed by atoms with Crippen LogP contribution in [0.25, 0.3) is 0 Å². The van der Waals surface area contributed by atoms with Gasteiger partial charge in [-0.3, -0.25) is 4.79 Å². The third kappa shape index (κ3) is 9.70. The minimum absolute atomic E-state index is 0.184. The highest BCUT2D eigenvalue weighted by molar-refractivity contribution is 6.58. The van der Waals surface area contributed by atoms with Crippen LogP contribution in [0.4, 0.5) is 0 Å². The minimum atomic E-state index is -2.17. The SMILES string of the molecule is CC(=O)O[SiH3].CO[Si](C)(OC)OC. The number of rotatable bonds is 3. The van der Waals surface area contributed by atoms with Crippen molar-refractivity contribution in [3.63, 3.8) is 0 Å². The molecule has 0 aromatic heterocycles. The summed E-state index contributed by atoms with van der Waals surface area (Å²) in [7, 11) is 3.10. The molecule has 0 saturated carbocycles. The smallest absolute Gasteiger partial charge is 0.496 e. The minimum Gasteiger partial charge on any atom is -0.529 e. The van der Waals surface area contributed by atoms with Gasteiger partial charge in [0.1, 0.15) is 0 Å². The molecule has 5 nitrogen and oxygen atoms in total. The lowest BCUT2D eigenvalue weighted by molar-refractivity contribution is -0.131. The fourth-order valence-electron chi connectivity index (χ4n) is 0.250. The molecule has 0 rings (SSSR count). The topological polar surface area (TPSA) is 54.0 Å². The molecule has 80 valence electrons. The van der Waals surface area contributed by atoms with Crippen molar-refractivity contribution in [3.05, 3.63) is 0 Å².